The Morgan fingerprint density at radius 1 is 1.63 bits per heavy atom. The molecule has 2 heterocycles. The van der Waals surface area contributed by atoms with E-state index >= 15 is 0 Å². The van der Waals surface area contributed by atoms with Crippen molar-refractivity contribution in [1.29, 1.82) is 0 Å². The molecule has 1 aromatic heterocycles. The topological polar surface area (TPSA) is 58.4 Å². The highest BCUT2D eigenvalue weighted by molar-refractivity contribution is 5.78. The highest BCUT2D eigenvalue weighted by Gasteiger charge is 2.43. The molecule has 0 saturated carbocycles. The average Bonchev–Trinajstić information content (AvgIpc) is 2.98. The Morgan fingerprint density at radius 2 is 2.37 bits per heavy atom. The number of aromatic nitrogens is 2. The molecule has 2 unspecified atom stereocenters. The maximum Gasteiger partial charge on any atom is 0.323 e. The first-order valence-electron chi connectivity index (χ1n) is 7.00. The molecule has 0 amide bonds. The maximum absolute atomic E-state index is 11.4. The van der Waals surface area contributed by atoms with Gasteiger partial charge in [-0.15, -0.1) is 0 Å². The zero-order valence-electron chi connectivity index (χ0n) is 12.0. The number of aliphatic carboxylic acids is 1. The van der Waals surface area contributed by atoms with Crippen molar-refractivity contribution in [3.8, 4) is 0 Å². The summed E-state index contributed by atoms with van der Waals surface area (Å²) in [4.78, 5) is 13.4. The van der Waals surface area contributed by atoms with Gasteiger partial charge in [0.15, 0.2) is 0 Å². The second-order valence-electron chi connectivity index (χ2n) is 5.65. The van der Waals surface area contributed by atoms with E-state index in [9.17, 15) is 9.90 Å². The third-order valence-corrected chi connectivity index (χ3v) is 4.31. The van der Waals surface area contributed by atoms with Gasteiger partial charge in [0, 0.05) is 18.8 Å². The normalized spacial score (nSPS) is 25.6. The molecule has 5 heteroatoms. The molecule has 1 saturated heterocycles. The molecule has 0 spiro atoms. The van der Waals surface area contributed by atoms with E-state index in [4.69, 9.17) is 0 Å². The maximum atomic E-state index is 11.4. The fourth-order valence-electron chi connectivity index (χ4n) is 2.60. The van der Waals surface area contributed by atoms with E-state index in [0.717, 1.165) is 25.1 Å². The molecule has 1 aromatic rings. The van der Waals surface area contributed by atoms with Crippen LogP contribution in [0.1, 0.15) is 51.8 Å². The van der Waals surface area contributed by atoms with Crippen LogP contribution in [0.4, 0.5) is 0 Å². The van der Waals surface area contributed by atoms with Crippen LogP contribution >= 0.6 is 0 Å². The minimum absolute atomic E-state index is 0.387. The minimum Gasteiger partial charge on any atom is -0.480 e. The van der Waals surface area contributed by atoms with Crippen molar-refractivity contribution < 1.29 is 9.90 Å². The molecule has 1 N–H and O–H groups in total. The van der Waals surface area contributed by atoms with Crippen molar-refractivity contribution in [2.45, 2.75) is 58.2 Å². The van der Waals surface area contributed by atoms with E-state index in [1.165, 1.54) is 0 Å². The number of hydrogen-bond donors (Lipinski definition) is 1. The second-order valence-corrected chi connectivity index (χ2v) is 5.65. The zero-order valence-corrected chi connectivity index (χ0v) is 12.0. The number of carboxylic acids is 1. The predicted octanol–water partition coefficient (Wildman–Crippen LogP) is 2.29. The summed E-state index contributed by atoms with van der Waals surface area (Å²) in [6.07, 6.45) is 4.68. The van der Waals surface area contributed by atoms with Crippen molar-refractivity contribution in [1.82, 2.24) is 14.7 Å². The Bertz CT molecular complexity index is 457. The van der Waals surface area contributed by atoms with Gasteiger partial charge in [0.25, 0.3) is 0 Å². The van der Waals surface area contributed by atoms with Gasteiger partial charge in [-0.3, -0.25) is 14.4 Å². The third-order valence-electron chi connectivity index (χ3n) is 4.31. The van der Waals surface area contributed by atoms with E-state index in [2.05, 4.69) is 18.9 Å². The van der Waals surface area contributed by atoms with E-state index < -0.39 is 11.5 Å². The number of rotatable bonds is 5. The number of carboxylic acid groups (broad SMARTS) is 1. The SMILES string of the molecule is CCC(C)n1ccc(CN2CCCC2(C)C(=O)O)n1. The molecular weight excluding hydrogens is 242 g/mol. The number of hydrogen-bond acceptors (Lipinski definition) is 3. The van der Waals surface area contributed by atoms with E-state index in [1.54, 1.807) is 0 Å². The fourth-order valence-corrected chi connectivity index (χ4v) is 2.60. The summed E-state index contributed by atoms with van der Waals surface area (Å²) in [5.74, 6) is -0.730. The number of carbonyl (C=O) groups is 1. The average molecular weight is 265 g/mol. The van der Waals surface area contributed by atoms with Crippen LogP contribution in [-0.2, 0) is 11.3 Å². The summed E-state index contributed by atoms with van der Waals surface area (Å²) in [7, 11) is 0. The number of likely N-dealkylation sites (tertiary alicyclic amines) is 1. The molecular formula is C14H23N3O2. The van der Waals surface area contributed by atoms with Crippen LogP contribution in [0, 0.1) is 0 Å². The lowest BCUT2D eigenvalue weighted by Crippen LogP contribution is -2.47. The lowest BCUT2D eigenvalue weighted by molar-refractivity contribution is -0.148. The summed E-state index contributed by atoms with van der Waals surface area (Å²) >= 11 is 0. The standard InChI is InChI=1S/C14H23N3O2/c1-4-11(2)17-9-6-12(15-17)10-16-8-5-7-14(16,3)13(18)19/h6,9,11H,4-5,7-8,10H2,1-3H3,(H,18,19). The summed E-state index contributed by atoms with van der Waals surface area (Å²) < 4.78 is 1.96. The first-order valence-corrected chi connectivity index (χ1v) is 7.00. The van der Waals surface area contributed by atoms with E-state index in [1.807, 2.05) is 28.8 Å². The Labute approximate surface area is 114 Å². The lowest BCUT2D eigenvalue weighted by atomic mass is 9.99. The smallest absolute Gasteiger partial charge is 0.323 e. The molecule has 0 aliphatic carbocycles. The Balaban J connectivity index is 2.09. The van der Waals surface area contributed by atoms with Gasteiger partial charge in [0.1, 0.15) is 5.54 Å². The van der Waals surface area contributed by atoms with Gasteiger partial charge in [-0.25, -0.2) is 0 Å². The van der Waals surface area contributed by atoms with Crippen molar-refractivity contribution in [3.63, 3.8) is 0 Å². The summed E-state index contributed by atoms with van der Waals surface area (Å²) in [5, 5.41) is 13.9. The van der Waals surface area contributed by atoms with Gasteiger partial charge in [-0.1, -0.05) is 6.92 Å². The molecule has 106 valence electrons. The molecule has 2 rings (SSSR count). The molecule has 1 fully saturated rings. The quantitative estimate of drug-likeness (QED) is 0.887. The van der Waals surface area contributed by atoms with Crippen LogP contribution in [0.2, 0.25) is 0 Å². The summed E-state index contributed by atoms with van der Waals surface area (Å²) in [6, 6.07) is 2.38. The van der Waals surface area contributed by atoms with Crippen LogP contribution < -0.4 is 0 Å². The van der Waals surface area contributed by atoms with Gasteiger partial charge in [-0.2, -0.15) is 5.10 Å². The third kappa shape index (κ3) is 2.66. The highest BCUT2D eigenvalue weighted by atomic mass is 16.4. The minimum atomic E-state index is -0.736. The van der Waals surface area contributed by atoms with Crippen LogP contribution in [0.3, 0.4) is 0 Å². The van der Waals surface area contributed by atoms with Gasteiger partial charge < -0.3 is 5.11 Å². The van der Waals surface area contributed by atoms with Gasteiger partial charge in [-0.05, 0) is 45.7 Å². The van der Waals surface area contributed by atoms with E-state index in [-0.39, 0.29) is 0 Å². The van der Waals surface area contributed by atoms with Crippen molar-refractivity contribution in [2.75, 3.05) is 6.54 Å². The molecule has 5 nitrogen and oxygen atoms in total. The molecule has 1 aliphatic heterocycles. The number of nitrogens with zero attached hydrogens (tertiary/aromatic N) is 3. The van der Waals surface area contributed by atoms with Crippen molar-refractivity contribution in [3.05, 3.63) is 18.0 Å². The molecule has 0 bridgehead atoms. The van der Waals surface area contributed by atoms with E-state index in [0.29, 0.717) is 19.0 Å². The van der Waals surface area contributed by atoms with Crippen molar-refractivity contribution in [2.24, 2.45) is 0 Å². The van der Waals surface area contributed by atoms with Crippen LogP contribution in [0.15, 0.2) is 12.3 Å². The van der Waals surface area contributed by atoms with Crippen molar-refractivity contribution >= 4 is 5.97 Å². The van der Waals surface area contributed by atoms with Crippen LogP contribution in [-0.4, -0.2) is 37.8 Å². The first kappa shape index (κ1) is 14.1. The Morgan fingerprint density at radius 3 is 3.00 bits per heavy atom. The lowest BCUT2D eigenvalue weighted by Gasteiger charge is -2.30. The van der Waals surface area contributed by atoms with Crippen LogP contribution in [0.5, 0.6) is 0 Å². The Hall–Kier alpha value is -1.36. The fraction of sp³-hybridized carbons (Fsp3) is 0.714. The molecule has 19 heavy (non-hydrogen) atoms. The molecule has 0 aromatic carbocycles. The molecule has 2 atom stereocenters. The second kappa shape index (κ2) is 5.33. The molecule has 1 aliphatic rings. The van der Waals surface area contributed by atoms with Crippen LogP contribution in [0.25, 0.3) is 0 Å². The summed E-state index contributed by atoms with van der Waals surface area (Å²) in [5.41, 5.74) is 0.217. The monoisotopic (exact) mass is 265 g/mol. The highest BCUT2D eigenvalue weighted by Crippen LogP contribution is 2.30. The zero-order chi connectivity index (χ0) is 14.0. The largest absolute Gasteiger partial charge is 0.480 e. The molecule has 0 radical (unpaired) electrons. The van der Waals surface area contributed by atoms with Gasteiger partial charge in [0.05, 0.1) is 5.69 Å². The predicted molar refractivity (Wildman–Crippen MR) is 72.9 cm³/mol. The first-order chi connectivity index (χ1) is 8.97. The van der Waals surface area contributed by atoms with Gasteiger partial charge >= 0.3 is 5.97 Å². The Kier molecular flexibility index (Phi) is 3.94. The van der Waals surface area contributed by atoms with Gasteiger partial charge in [0.2, 0.25) is 0 Å². The summed E-state index contributed by atoms with van der Waals surface area (Å²) in [6.45, 7) is 7.53.